The zero-order valence-corrected chi connectivity index (χ0v) is 6.22. The first-order valence-electron chi connectivity index (χ1n) is 3.27. The maximum atomic E-state index is 10.7. The van der Waals surface area contributed by atoms with Crippen LogP contribution in [0.2, 0.25) is 0 Å². The molecule has 0 aliphatic heterocycles. The first kappa shape index (κ1) is 7.14. The summed E-state index contributed by atoms with van der Waals surface area (Å²) in [6.07, 6.45) is 5.18. The molecule has 0 aromatic rings. The minimum absolute atomic E-state index is 0.0550. The smallest absolute Gasteiger partial charge is 0.222 e. The molecule has 2 heteroatoms. The number of hydrogen-bond donors (Lipinski definition) is 1. The second kappa shape index (κ2) is 1.76. The van der Waals surface area contributed by atoms with Gasteiger partial charge in [0.25, 0.3) is 0 Å². The van der Waals surface area contributed by atoms with Crippen LogP contribution in [0, 0.1) is 29.6 Å². The maximum Gasteiger partial charge on any atom is 0.222 e. The van der Waals surface area contributed by atoms with Crippen molar-refractivity contribution in [3.8, 4) is 12.3 Å². The Morgan fingerprint density at radius 1 is 1.70 bits per heavy atom. The molecule has 1 aliphatic carbocycles. The first-order chi connectivity index (χ1) is 4.51. The van der Waals surface area contributed by atoms with E-state index < -0.39 is 0 Å². The van der Waals surface area contributed by atoms with Crippen molar-refractivity contribution in [1.29, 1.82) is 0 Å². The summed E-state index contributed by atoms with van der Waals surface area (Å²) in [5, 5.41) is 0. The van der Waals surface area contributed by atoms with Gasteiger partial charge in [0.15, 0.2) is 0 Å². The SMILES string of the molecule is C#CC1C(C(N)=O)C1(C)C. The van der Waals surface area contributed by atoms with E-state index in [-0.39, 0.29) is 23.2 Å². The standard InChI is InChI=1S/C8H11NO/c1-4-5-6(7(9)10)8(5,2)3/h1,5-6H,2-3H3,(H2,9,10). The van der Waals surface area contributed by atoms with Gasteiger partial charge in [-0.3, -0.25) is 4.79 Å². The lowest BCUT2D eigenvalue weighted by atomic mass is 10.1. The van der Waals surface area contributed by atoms with Crippen LogP contribution < -0.4 is 5.73 Å². The summed E-state index contributed by atoms with van der Waals surface area (Å²) in [6.45, 7) is 3.93. The molecule has 2 nitrogen and oxygen atoms in total. The largest absolute Gasteiger partial charge is 0.369 e. The summed E-state index contributed by atoms with van der Waals surface area (Å²) in [6, 6.07) is 0. The van der Waals surface area contributed by atoms with E-state index in [1.807, 2.05) is 13.8 Å². The molecule has 0 aromatic carbocycles. The number of primary amides is 1. The van der Waals surface area contributed by atoms with Gasteiger partial charge in [0.1, 0.15) is 0 Å². The lowest BCUT2D eigenvalue weighted by molar-refractivity contribution is -0.119. The van der Waals surface area contributed by atoms with Gasteiger partial charge in [-0.1, -0.05) is 13.8 Å². The molecular formula is C8H11NO. The third kappa shape index (κ3) is 0.706. The molecule has 2 unspecified atom stereocenters. The fourth-order valence-electron chi connectivity index (χ4n) is 1.48. The van der Waals surface area contributed by atoms with E-state index in [2.05, 4.69) is 5.92 Å². The number of terminal acetylenes is 1. The molecule has 0 spiro atoms. The Hall–Kier alpha value is -0.970. The van der Waals surface area contributed by atoms with Gasteiger partial charge in [-0.25, -0.2) is 0 Å². The van der Waals surface area contributed by atoms with Crippen molar-refractivity contribution in [1.82, 2.24) is 0 Å². The highest BCUT2D eigenvalue weighted by Crippen LogP contribution is 2.57. The van der Waals surface area contributed by atoms with Crippen LogP contribution in [0.15, 0.2) is 0 Å². The molecule has 0 bridgehead atoms. The van der Waals surface area contributed by atoms with Gasteiger partial charge < -0.3 is 5.73 Å². The number of rotatable bonds is 1. The summed E-state index contributed by atoms with van der Waals surface area (Å²) in [4.78, 5) is 10.7. The monoisotopic (exact) mass is 137 g/mol. The lowest BCUT2D eigenvalue weighted by Gasteiger charge is -1.95. The quantitative estimate of drug-likeness (QED) is 0.521. The fraction of sp³-hybridized carbons (Fsp3) is 0.625. The van der Waals surface area contributed by atoms with Crippen molar-refractivity contribution in [3.05, 3.63) is 0 Å². The Labute approximate surface area is 60.8 Å². The molecule has 0 saturated heterocycles. The summed E-state index contributed by atoms with van der Waals surface area (Å²) >= 11 is 0. The normalized spacial score (nSPS) is 34.5. The van der Waals surface area contributed by atoms with Crippen molar-refractivity contribution in [2.24, 2.45) is 23.0 Å². The van der Waals surface area contributed by atoms with E-state index in [0.29, 0.717) is 0 Å². The Morgan fingerprint density at radius 3 is 2.30 bits per heavy atom. The van der Waals surface area contributed by atoms with Crippen LogP contribution in [-0.4, -0.2) is 5.91 Å². The van der Waals surface area contributed by atoms with Gasteiger partial charge in [0.05, 0.1) is 5.92 Å². The van der Waals surface area contributed by atoms with Crippen LogP contribution in [0.4, 0.5) is 0 Å². The van der Waals surface area contributed by atoms with E-state index in [9.17, 15) is 4.79 Å². The lowest BCUT2D eigenvalue weighted by Crippen LogP contribution is -2.16. The zero-order valence-electron chi connectivity index (χ0n) is 6.22. The second-order valence-corrected chi connectivity index (χ2v) is 3.35. The minimum Gasteiger partial charge on any atom is -0.369 e. The molecule has 1 aliphatic rings. The fourth-order valence-corrected chi connectivity index (χ4v) is 1.48. The molecule has 1 rings (SSSR count). The van der Waals surface area contributed by atoms with Crippen molar-refractivity contribution in [3.63, 3.8) is 0 Å². The highest BCUT2D eigenvalue weighted by Gasteiger charge is 2.60. The number of carbonyl (C=O) groups is 1. The Bertz CT molecular complexity index is 212. The molecule has 10 heavy (non-hydrogen) atoms. The Balaban J connectivity index is 2.73. The molecule has 2 N–H and O–H groups in total. The summed E-state index contributed by atoms with van der Waals surface area (Å²) in [5.74, 6) is 2.25. The van der Waals surface area contributed by atoms with E-state index in [1.165, 1.54) is 0 Å². The number of nitrogens with two attached hydrogens (primary N) is 1. The zero-order chi connectivity index (χ0) is 7.94. The van der Waals surface area contributed by atoms with Crippen LogP contribution in [0.5, 0.6) is 0 Å². The third-order valence-corrected chi connectivity index (χ3v) is 2.31. The van der Waals surface area contributed by atoms with Crippen molar-refractivity contribution in [2.45, 2.75) is 13.8 Å². The predicted octanol–water partition coefficient (Wildman–Crippen LogP) is 0.377. The highest BCUT2D eigenvalue weighted by molar-refractivity contribution is 5.82. The van der Waals surface area contributed by atoms with E-state index in [1.54, 1.807) is 0 Å². The third-order valence-electron chi connectivity index (χ3n) is 2.31. The van der Waals surface area contributed by atoms with E-state index in [4.69, 9.17) is 12.2 Å². The molecular weight excluding hydrogens is 126 g/mol. The summed E-state index contributed by atoms with van der Waals surface area (Å²) < 4.78 is 0. The molecule has 54 valence electrons. The summed E-state index contributed by atoms with van der Waals surface area (Å²) in [5.41, 5.74) is 5.05. The average molecular weight is 137 g/mol. The van der Waals surface area contributed by atoms with Gasteiger partial charge in [-0.05, 0) is 5.41 Å². The first-order valence-corrected chi connectivity index (χ1v) is 3.27. The van der Waals surface area contributed by atoms with Gasteiger partial charge >= 0.3 is 0 Å². The molecule has 2 atom stereocenters. The van der Waals surface area contributed by atoms with Crippen LogP contribution >= 0.6 is 0 Å². The van der Waals surface area contributed by atoms with Crippen molar-refractivity contribution >= 4 is 5.91 Å². The summed E-state index contributed by atoms with van der Waals surface area (Å²) in [7, 11) is 0. The maximum absolute atomic E-state index is 10.7. The van der Waals surface area contributed by atoms with Crippen LogP contribution in [-0.2, 0) is 4.79 Å². The van der Waals surface area contributed by atoms with E-state index >= 15 is 0 Å². The molecule has 1 amide bonds. The van der Waals surface area contributed by atoms with Gasteiger partial charge in [-0.2, -0.15) is 0 Å². The van der Waals surface area contributed by atoms with Gasteiger partial charge in [0.2, 0.25) is 5.91 Å². The van der Waals surface area contributed by atoms with E-state index in [0.717, 1.165) is 0 Å². The topological polar surface area (TPSA) is 43.1 Å². The average Bonchev–Trinajstić information content (AvgIpc) is 2.33. The van der Waals surface area contributed by atoms with Crippen molar-refractivity contribution < 1.29 is 4.79 Å². The second-order valence-electron chi connectivity index (χ2n) is 3.35. The van der Waals surface area contributed by atoms with Crippen molar-refractivity contribution in [2.75, 3.05) is 0 Å². The molecule has 0 aromatic heterocycles. The number of hydrogen-bond acceptors (Lipinski definition) is 1. The number of carbonyl (C=O) groups excluding carboxylic acids is 1. The Kier molecular flexibility index (Phi) is 1.25. The predicted molar refractivity (Wildman–Crippen MR) is 38.8 cm³/mol. The molecule has 0 heterocycles. The molecule has 1 fully saturated rings. The Morgan fingerprint density at radius 2 is 2.20 bits per heavy atom. The van der Waals surface area contributed by atoms with Gasteiger partial charge in [-0.15, -0.1) is 12.3 Å². The molecule has 0 radical (unpaired) electrons. The van der Waals surface area contributed by atoms with Crippen LogP contribution in [0.25, 0.3) is 0 Å². The highest BCUT2D eigenvalue weighted by atomic mass is 16.1. The van der Waals surface area contributed by atoms with Crippen LogP contribution in [0.3, 0.4) is 0 Å². The van der Waals surface area contributed by atoms with Gasteiger partial charge in [0, 0.05) is 5.92 Å². The van der Waals surface area contributed by atoms with Crippen LogP contribution in [0.1, 0.15) is 13.8 Å². The minimum atomic E-state index is -0.270. The number of amides is 1. The molecule has 1 saturated carbocycles.